The lowest BCUT2D eigenvalue weighted by Gasteiger charge is -2.09. The molecule has 0 aliphatic rings. The number of methoxy groups -OCH3 is 1. The van der Waals surface area contributed by atoms with Crippen LogP contribution in [0.3, 0.4) is 0 Å². The van der Waals surface area contributed by atoms with Crippen LogP contribution in [0.25, 0.3) is 0 Å². The highest BCUT2D eigenvalue weighted by molar-refractivity contribution is 7.09. The predicted molar refractivity (Wildman–Crippen MR) is 116 cm³/mol. The highest BCUT2D eigenvalue weighted by Crippen LogP contribution is 2.29. The molecular formula is C21H21N3O6S. The van der Waals surface area contributed by atoms with Gasteiger partial charge in [0, 0.05) is 16.3 Å². The van der Waals surface area contributed by atoms with Crippen molar-refractivity contribution in [3.8, 4) is 5.75 Å². The van der Waals surface area contributed by atoms with Crippen LogP contribution in [-0.4, -0.2) is 35.1 Å². The third-order valence-corrected chi connectivity index (χ3v) is 5.56. The van der Waals surface area contributed by atoms with Gasteiger partial charge in [0.2, 0.25) is 0 Å². The van der Waals surface area contributed by atoms with E-state index < -0.39 is 23.4 Å². The fourth-order valence-corrected chi connectivity index (χ4v) is 3.79. The monoisotopic (exact) mass is 443 g/mol. The molecule has 162 valence electrons. The van der Waals surface area contributed by atoms with Crippen molar-refractivity contribution in [2.45, 2.75) is 20.4 Å². The molecule has 3 aromatic rings. The fraction of sp³-hybridized carbons (Fsp3) is 0.238. The zero-order chi connectivity index (χ0) is 22.5. The molecule has 1 aromatic carbocycles. The SMILES string of the molecule is COc1ccc(NC(=O)COC(=O)c2cc(C)n(Cc3cccs3)c2C)c([N+](=O)[O-])c1. The van der Waals surface area contributed by atoms with Crippen molar-refractivity contribution < 1.29 is 24.0 Å². The van der Waals surface area contributed by atoms with Crippen molar-refractivity contribution in [1.82, 2.24) is 4.57 Å². The normalized spacial score (nSPS) is 10.5. The van der Waals surface area contributed by atoms with E-state index in [4.69, 9.17) is 9.47 Å². The van der Waals surface area contributed by atoms with Crippen LogP contribution in [0.5, 0.6) is 5.75 Å². The van der Waals surface area contributed by atoms with Crippen LogP contribution in [0.4, 0.5) is 11.4 Å². The van der Waals surface area contributed by atoms with Crippen molar-refractivity contribution in [3.05, 3.63) is 73.7 Å². The van der Waals surface area contributed by atoms with Gasteiger partial charge < -0.3 is 19.4 Å². The number of amides is 1. The Bertz CT molecular complexity index is 1120. The molecular weight excluding hydrogens is 422 g/mol. The van der Waals surface area contributed by atoms with Gasteiger partial charge in [-0.3, -0.25) is 14.9 Å². The first kappa shape index (κ1) is 22.0. The molecule has 0 radical (unpaired) electrons. The summed E-state index contributed by atoms with van der Waals surface area (Å²) in [5, 5.41) is 15.6. The summed E-state index contributed by atoms with van der Waals surface area (Å²) in [6.45, 7) is 3.78. The van der Waals surface area contributed by atoms with Crippen LogP contribution in [0.1, 0.15) is 26.6 Å². The molecule has 0 saturated heterocycles. The fourth-order valence-electron chi connectivity index (χ4n) is 3.10. The molecule has 0 fully saturated rings. The van der Waals surface area contributed by atoms with E-state index in [1.165, 1.54) is 25.3 Å². The smallest absolute Gasteiger partial charge is 0.340 e. The quantitative estimate of drug-likeness (QED) is 0.321. The lowest BCUT2D eigenvalue weighted by atomic mass is 10.2. The molecule has 0 bridgehead atoms. The number of anilines is 1. The first-order valence-corrected chi connectivity index (χ1v) is 10.2. The number of esters is 1. The van der Waals surface area contributed by atoms with Crippen LogP contribution in [0.15, 0.2) is 41.8 Å². The minimum absolute atomic E-state index is 0.0130. The second-order valence-corrected chi connectivity index (χ2v) is 7.75. The summed E-state index contributed by atoms with van der Waals surface area (Å²) in [4.78, 5) is 36.5. The maximum absolute atomic E-state index is 12.5. The van der Waals surface area contributed by atoms with Crippen molar-refractivity contribution in [1.29, 1.82) is 0 Å². The van der Waals surface area contributed by atoms with Crippen LogP contribution in [0, 0.1) is 24.0 Å². The van der Waals surface area contributed by atoms with E-state index in [1.807, 2.05) is 35.9 Å². The minimum Gasteiger partial charge on any atom is -0.496 e. The molecule has 2 heterocycles. The molecule has 3 rings (SSSR count). The Hall–Kier alpha value is -3.66. The summed E-state index contributed by atoms with van der Waals surface area (Å²) in [6.07, 6.45) is 0. The zero-order valence-electron chi connectivity index (χ0n) is 17.2. The number of benzene rings is 1. The molecule has 0 aliphatic heterocycles. The van der Waals surface area contributed by atoms with E-state index in [0.717, 1.165) is 16.3 Å². The minimum atomic E-state index is -0.686. The number of nitrogens with one attached hydrogen (secondary N) is 1. The molecule has 9 nitrogen and oxygen atoms in total. The summed E-state index contributed by atoms with van der Waals surface area (Å²) in [6, 6.07) is 9.74. The number of hydrogen-bond donors (Lipinski definition) is 1. The second kappa shape index (κ2) is 9.43. The number of nitro groups is 1. The lowest BCUT2D eigenvalue weighted by molar-refractivity contribution is -0.384. The van der Waals surface area contributed by atoms with E-state index in [9.17, 15) is 19.7 Å². The van der Waals surface area contributed by atoms with Crippen molar-refractivity contribution in [3.63, 3.8) is 0 Å². The Morgan fingerprint density at radius 2 is 2.00 bits per heavy atom. The molecule has 31 heavy (non-hydrogen) atoms. The van der Waals surface area contributed by atoms with E-state index in [2.05, 4.69) is 5.32 Å². The summed E-state index contributed by atoms with van der Waals surface area (Å²) >= 11 is 1.63. The van der Waals surface area contributed by atoms with Gasteiger partial charge in [-0.15, -0.1) is 11.3 Å². The number of ether oxygens (including phenoxy) is 2. The van der Waals surface area contributed by atoms with Gasteiger partial charge in [0.1, 0.15) is 11.4 Å². The Morgan fingerprint density at radius 1 is 1.23 bits per heavy atom. The van der Waals surface area contributed by atoms with Gasteiger partial charge in [0.15, 0.2) is 6.61 Å². The Balaban J connectivity index is 1.65. The number of carbonyl (C=O) groups is 2. The number of nitro benzene ring substituents is 1. The summed E-state index contributed by atoms with van der Waals surface area (Å²) in [7, 11) is 1.38. The lowest BCUT2D eigenvalue weighted by Crippen LogP contribution is -2.21. The Kier molecular flexibility index (Phi) is 6.71. The summed E-state index contributed by atoms with van der Waals surface area (Å²) in [5.41, 5.74) is 1.67. The van der Waals surface area contributed by atoms with Crippen LogP contribution in [-0.2, 0) is 16.1 Å². The number of nitrogens with zero attached hydrogens (tertiary/aromatic N) is 2. The van der Waals surface area contributed by atoms with E-state index in [-0.39, 0.29) is 17.1 Å². The molecule has 1 amide bonds. The molecule has 2 aromatic heterocycles. The average Bonchev–Trinajstić information content (AvgIpc) is 3.36. The standard InChI is InChI=1S/C21H21N3O6S/c1-13-9-17(14(2)23(13)11-16-5-4-8-31-16)21(26)30-12-20(25)22-18-7-6-15(29-3)10-19(18)24(27)28/h4-10H,11-12H2,1-3H3,(H,22,25). The van der Waals surface area contributed by atoms with Crippen molar-refractivity contribution in [2.75, 3.05) is 19.0 Å². The summed E-state index contributed by atoms with van der Waals surface area (Å²) in [5.74, 6) is -1.03. The van der Waals surface area contributed by atoms with Gasteiger partial charge in [-0.2, -0.15) is 0 Å². The highest BCUT2D eigenvalue weighted by Gasteiger charge is 2.20. The number of carbonyl (C=O) groups excluding carboxylic acids is 2. The third kappa shape index (κ3) is 5.10. The van der Waals surface area contributed by atoms with Crippen LogP contribution >= 0.6 is 11.3 Å². The zero-order valence-corrected chi connectivity index (χ0v) is 18.0. The van der Waals surface area contributed by atoms with Crippen molar-refractivity contribution in [2.24, 2.45) is 0 Å². The van der Waals surface area contributed by atoms with E-state index >= 15 is 0 Å². The van der Waals surface area contributed by atoms with E-state index in [0.29, 0.717) is 12.1 Å². The van der Waals surface area contributed by atoms with Gasteiger partial charge >= 0.3 is 5.97 Å². The Labute approximate surface area is 182 Å². The van der Waals surface area contributed by atoms with Gasteiger partial charge in [-0.1, -0.05) is 6.07 Å². The number of aromatic nitrogens is 1. The molecule has 0 aliphatic carbocycles. The van der Waals surface area contributed by atoms with Crippen LogP contribution in [0.2, 0.25) is 0 Å². The topological polar surface area (TPSA) is 113 Å². The number of hydrogen-bond acceptors (Lipinski definition) is 7. The number of rotatable bonds is 8. The Morgan fingerprint density at radius 3 is 2.65 bits per heavy atom. The number of thiophene rings is 1. The molecule has 0 spiro atoms. The molecule has 0 atom stereocenters. The second-order valence-electron chi connectivity index (χ2n) is 6.71. The van der Waals surface area contributed by atoms with Crippen molar-refractivity contribution >= 4 is 34.6 Å². The first-order valence-electron chi connectivity index (χ1n) is 9.28. The average molecular weight is 443 g/mol. The first-order chi connectivity index (χ1) is 14.8. The van der Waals surface area contributed by atoms with Gasteiger partial charge in [-0.05, 0) is 43.5 Å². The van der Waals surface area contributed by atoms with Crippen LogP contribution < -0.4 is 10.1 Å². The molecule has 1 N–H and O–H groups in total. The molecule has 10 heteroatoms. The van der Waals surface area contributed by atoms with Gasteiger partial charge in [0.05, 0.1) is 30.2 Å². The largest absolute Gasteiger partial charge is 0.496 e. The molecule has 0 unspecified atom stereocenters. The number of aryl methyl sites for hydroxylation is 1. The molecule has 0 saturated carbocycles. The highest BCUT2D eigenvalue weighted by atomic mass is 32.1. The maximum Gasteiger partial charge on any atom is 0.340 e. The van der Waals surface area contributed by atoms with Gasteiger partial charge in [0.25, 0.3) is 11.6 Å². The maximum atomic E-state index is 12.5. The van der Waals surface area contributed by atoms with Gasteiger partial charge in [-0.25, -0.2) is 4.79 Å². The van der Waals surface area contributed by atoms with E-state index in [1.54, 1.807) is 17.4 Å². The third-order valence-electron chi connectivity index (χ3n) is 4.70. The summed E-state index contributed by atoms with van der Waals surface area (Å²) < 4.78 is 12.1. The predicted octanol–water partition coefficient (Wildman–Crippen LogP) is 3.93.